The van der Waals surface area contributed by atoms with Crippen LogP contribution in [0.5, 0.6) is 0 Å². The summed E-state index contributed by atoms with van der Waals surface area (Å²) in [6.45, 7) is 4.55. The van der Waals surface area contributed by atoms with Crippen LogP contribution in [0, 0.1) is 0 Å². The normalized spacial score (nSPS) is 20.4. The van der Waals surface area contributed by atoms with Crippen LogP contribution in [0.15, 0.2) is 24.3 Å². The first-order chi connectivity index (χ1) is 10.0. The zero-order chi connectivity index (χ0) is 15.2. The van der Waals surface area contributed by atoms with Gasteiger partial charge in [0.1, 0.15) is 0 Å². The van der Waals surface area contributed by atoms with Gasteiger partial charge >= 0.3 is 0 Å². The van der Waals surface area contributed by atoms with E-state index in [0.717, 1.165) is 31.5 Å². The van der Waals surface area contributed by atoms with E-state index in [2.05, 4.69) is 4.90 Å². The third kappa shape index (κ3) is 5.57. The second kappa shape index (κ2) is 8.11. The van der Waals surface area contributed by atoms with Crippen molar-refractivity contribution in [3.05, 3.63) is 34.9 Å². The van der Waals surface area contributed by atoms with E-state index < -0.39 is 6.10 Å². The summed E-state index contributed by atoms with van der Waals surface area (Å²) in [7, 11) is 0. The molecule has 1 heterocycles. The SMILES string of the molecule is CC(OCC(O)CN1CCC(O)CC1)c1ccc(Cl)cc1. The molecular weight excluding hydrogens is 290 g/mol. The zero-order valence-corrected chi connectivity index (χ0v) is 13.2. The number of β-amino-alcohol motifs (C(OH)–C–C–N with tert-alkyl or cyclic N) is 1. The molecule has 0 amide bonds. The Kier molecular flexibility index (Phi) is 6.45. The first-order valence-corrected chi connectivity index (χ1v) is 7.88. The number of benzene rings is 1. The molecule has 2 rings (SSSR count). The van der Waals surface area contributed by atoms with Crippen LogP contribution in [0.1, 0.15) is 31.4 Å². The van der Waals surface area contributed by atoms with Gasteiger partial charge in [0, 0.05) is 24.7 Å². The van der Waals surface area contributed by atoms with Gasteiger partial charge in [-0.05, 0) is 37.5 Å². The van der Waals surface area contributed by atoms with E-state index in [4.69, 9.17) is 16.3 Å². The molecule has 0 bridgehead atoms. The third-order valence-electron chi connectivity index (χ3n) is 3.90. The molecule has 2 unspecified atom stereocenters. The van der Waals surface area contributed by atoms with E-state index in [1.165, 1.54) is 0 Å². The maximum absolute atomic E-state index is 10.1. The van der Waals surface area contributed by atoms with Crippen LogP contribution in [-0.4, -0.2) is 53.6 Å². The maximum Gasteiger partial charge on any atom is 0.0900 e. The summed E-state index contributed by atoms with van der Waals surface area (Å²) in [6.07, 6.45) is 0.818. The minimum Gasteiger partial charge on any atom is -0.393 e. The Morgan fingerprint density at radius 1 is 1.29 bits per heavy atom. The number of ether oxygens (including phenoxy) is 1. The van der Waals surface area contributed by atoms with Crippen molar-refractivity contribution in [1.29, 1.82) is 0 Å². The van der Waals surface area contributed by atoms with Crippen molar-refractivity contribution in [3.63, 3.8) is 0 Å². The van der Waals surface area contributed by atoms with Gasteiger partial charge in [-0.3, -0.25) is 0 Å². The molecule has 2 atom stereocenters. The van der Waals surface area contributed by atoms with Gasteiger partial charge in [0.15, 0.2) is 0 Å². The highest BCUT2D eigenvalue weighted by atomic mass is 35.5. The van der Waals surface area contributed by atoms with Gasteiger partial charge in [-0.15, -0.1) is 0 Å². The largest absolute Gasteiger partial charge is 0.393 e. The topological polar surface area (TPSA) is 52.9 Å². The first-order valence-electron chi connectivity index (χ1n) is 7.50. The average Bonchev–Trinajstić information content (AvgIpc) is 2.48. The molecule has 1 aliphatic heterocycles. The number of likely N-dealkylation sites (tertiary alicyclic amines) is 1. The number of hydrogen-bond donors (Lipinski definition) is 2. The number of piperidine rings is 1. The Bertz CT molecular complexity index is 418. The summed E-state index contributed by atoms with van der Waals surface area (Å²) >= 11 is 5.86. The number of hydrogen-bond acceptors (Lipinski definition) is 4. The summed E-state index contributed by atoms with van der Waals surface area (Å²) in [5, 5.41) is 20.2. The van der Waals surface area contributed by atoms with Crippen molar-refractivity contribution in [3.8, 4) is 0 Å². The molecule has 0 radical (unpaired) electrons. The second-order valence-electron chi connectivity index (χ2n) is 5.71. The standard InChI is InChI=1S/C16H24ClNO3/c1-12(13-2-4-14(17)5-3-13)21-11-16(20)10-18-8-6-15(19)7-9-18/h2-5,12,15-16,19-20H,6-11H2,1H3. The van der Waals surface area contributed by atoms with E-state index in [0.29, 0.717) is 18.2 Å². The molecule has 0 saturated carbocycles. The average molecular weight is 314 g/mol. The number of nitrogens with zero attached hydrogens (tertiary/aromatic N) is 1. The third-order valence-corrected chi connectivity index (χ3v) is 4.16. The minimum atomic E-state index is -0.505. The lowest BCUT2D eigenvalue weighted by atomic mass is 10.1. The van der Waals surface area contributed by atoms with Gasteiger partial charge in [-0.2, -0.15) is 0 Å². The smallest absolute Gasteiger partial charge is 0.0900 e. The summed E-state index contributed by atoms with van der Waals surface area (Å²) in [5.74, 6) is 0. The Morgan fingerprint density at radius 3 is 2.52 bits per heavy atom. The van der Waals surface area contributed by atoms with Crippen molar-refractivity contribution < 1.29 is 14.9 Å². The Balaban J connectivity index is 1.70. The van der Waals surface area contributed by atoms with Gasteiger partial charge in [-0.1, -0.05) is 23.7 Å². The lowest BCUT2D eigenvalue weighted by Crippen LogP contribution is -2.41. The van der Waals surface area contributed by atoms with Crippen molar-refractivity contribution in [2.75, 3.05) is 26.2 Å². The number of halogens is 1. The van der Waals surface area contributed by atoms with Crippen LogP contribution in [-0.2, 0) is 4.74 Å². The molecule has 118 valence electrons. The highest BCUT2D eigenvalue weighted by Gasteiger charge is 2.19. The Morgan fingerprint density at radius 2 is 1.90 bits per heavy atom. The highest BCUT2D eigenvalue weighted by Crippen LogP contribution is 2.19. The summed E-state index contributed by atoms with van der Waals surface area (Å²) < 4.78 is 5.72. The summed E-state index contributed by atoms with van der Waals surface area (Å²) in [5.41, 5.74) is 1.05. The monoisotopic (exact) mass is 313 g/mol. The van der Waals surface area contributed by atoms with E-state index in [-0.39, 0.29) is 12.2 Å². The van der Waals surface area contributed by atoms with Gasteiger partial charge < -0.3 is 19.8 Å². The zero-order valence-electron chi connectivity index (χ0n) is 12.4. The molecule has 21 heavy (non-hydrogen) atoms. The Hall–Kier alpha value is -0.650. The van der Waals surface area contributed by atoms with Crippen LogP contribution in [0.4, 0.5) is 0 Å². The highest BCUT2D eigenvalue weighted by molar-refractivity contribution is 6.30. The predicted octanol–water partition coefficient (Wildman–Crippen LogP) is 2.24. The van der Waals surface area contributed by atoms with Crippen molar-refractivity contribution >= 4 is 11.6 Å². The number of aliphatic hydroxyl groups excluding tert-OH is 2. The van der Waals surface area contributed by atoms with E-state index in [1.807, 2.05) is 31.2 Å². The fourth-order valence-electron chi connectivity index (χ4n) is 2.54. The van der Waals surface area contributed by atoms with Crippen molar-refractivity contribution in [1.82, 2.24) is 4.90 Å². The van der Waals surface area contributed by atoms with Crippen LogP contribution < -0.4 is 0 Å². The van der Waals surface area contributed by atoms with Crippen LogP contribution in [0.2, 0.25) is 5.02 Å². The lowest BCUT2D eigenvalue weighted by molar-refractivity contribution is -0.0230. The molecule has 2 N–H and O–H groups in total. The number of rotatable bonds is 6. The molecule has 0 aromatic heterocycles. The molecule has 4 nitrogen and oxygen atoms in total. The quantitative estimate of drug-likeness (QED) is 0.845. The number of aliphatic hydroxyl groups is 2. The molecule has 1 aliphatic rings. The molecule has 1 fully saturated rings. The van der Waals surface area contributed by atoms with Crippen molar-refractivity contribution in [2.45, 2.75) is 38.1 Å². The lowest BCUT2D eigenvalue weighted by Gasteiger charge is -2.31. The second-order valence-corrected chi connectivity index (χ2v) is 6.15. The van der Waals surface area contributed by atoms with Gasteiger partial charge in [0.25, 0.3) is 0 Å². The summed E-state index contributed by atoms with van der Waals surface area (Å²) in [6, 6.07) is 7.55. The van der Waals surface area contributed by atoms with Crippen LogP contribution >= 0.6 is 11.6 Å². The molecule has 0 aliphatic carbocycles. The first kappa shape index (κ1) is 16.7. The molecule has 1 aromatic rings. The Labute approximate surface area is 131 Å². The fourth-order valence-corrected chi connectivity index (χ4v) is 2.66. The van der Waals surface area contributed by atoms with Gasteiger partial charge in [0.2, 0.25) is 0 Å². The molecule has 1 aromatic carbocycles. The fraction of sp³-hybridized carbons (Fsp3) is 0.625. The van der Waals surface area contributed by atoms with E-state index in [1.54, 1.807) is 0 Å². The van der Waals surface area contributed by atoms with Gasteiger partial charge in [0.05, 0.1) is 24.9 Å². The maximum atomic E-state index is 10.1. The molecule has 1 saturated heterocycles. The predicted molar refractivity (Wildman–Crippen MR) is 83.5 cm³/mol. The van der Waals surface area contributed by atoms with Crippen molar-refractivity contribution in [2.24, 2.45) is 0 Å². The van der Waals surface area contributed by atoms with Gasteiger partial charge in [-0.25, -0.2) is 0 Å². The molecular formula is C16H24ClNO3. The summed E-state index contributed by atoms with van der Waals surface area (Å²) in [4.78, 5) is 2.17. The minimum absolute atomic E-state index is 0.0694. The van der Waals surface area contributed by atoms with Crippen LogP contribution in [0.3, 0.4) is 0 Å². The van der Waals surface area contributed by atoms with E-state index >= 15 is 0 Å². The molecule has 0 spiro atoms. The van der Waals surface area contributed by atoms with E-state index in [9.17, 15) is 10.2 Å². The molecule has 5 heteroatoms. The van der Waals surface area contributed by atoms with Crippen LogP contribution in [0.25, 0.3) is 0 Å².